The second kappa shape index (κ2) is 6.07. The van der Waals surface area contributed by atoms with E-state index in [1.807, 2.05) is 0 Å². The number of aromatic nitrogens is 4. The average Bonchev–Trinajstić information content (AvgIpc) is 3.24. The van der Waals surface area contributed by atoms with E-state index in [9.17, 15) is 4.79 Å². The summed E-state index contributed by atoms with van der Waals surface area (Å²) in [6.45, 7) is 1.08. The Bertz CT molecular complexity index is 851. The van der Waals surface area contributed by atoms with Gasteiger partial charge in [0.25, 0.3) is 0 Å². The van der Waals surface area contributed by atoms with E-state index >= 15 is 0 Å². The molecule has 4 rings (SSSR count). The molecule has 4 heterocycles. The first-order valence-corrected chi connectivity index (χ1v) is 7.41. The summed E-state index contributed by atoms with van der Waals surface area (Å²) in [7, 11) is 0. The van der Waals surface area contributed by atoms with E-state index in [1.165, 1.54) is 6.08 Å². The molecule has 1 aliphatic heterocycles. The maximum atomic E-state index is 12.0. The normalized spacial score (nSPS) is 14.9. The number of nitrogens with zero attached hydrogens (tertiary/aromatic N) is 5. The van der Waals surface area contributed by atoms with Gasteiger partial charge in [-0.2, -0.15) is 4.98 Å². The van der Waals surface area contributed by atoms with Crippen molar-refractivity contribution in [3.05, 3.63) is 54.6 Å². The van der Waals surface area contributed by atoms with Gasteiger partial charge in [-0.15, -0.1) is 0 Å². The highest BCUT2D eigenvalue weighted by molar-refractivity contribution is 5.92. The van der Waals surface area contributed by atoms with E-state index in [4.69, 9.17) is 8.94 Å². The molecule has 1 amide bonds. The summed E-state index contributed by atoms with van der Waals surface area (Å²) in [4.78, 5) is 26.2. The summed E-state index contributed by atoms with van der Waals surface area (Å²) in [6, 6.07) is 5.28. The predicted molar refractivity (Wildman–Crippen MR) is 82.4 cm³/mol. The third-order valence-corrected chi connectivity index (χ3v) is 3.68. The first-order chi connectivity index (χ1) is 11.8. The van der Waals surface area contributed by atoms with Crippen LogP contribution in [0.1, 0.15) is 17.6 Å². The van der Waals surface area contributed by atoms with Gasteiger partial charge in [0.15, 0.2) is 0 Å². The van der Waals surface area contributed by atoms with Gasteiger partial charge < -0.3 is 13.8 Å². The van der Waals surface area contributed by atoms with Crippen molar-refractivity contribution in [2.75, 3.05) is 13.1 Å². The second-order valence-corrected chi connectivity index (χ2v) is 5.32. The fourth-order valence-electron chi connectivity index (χ4n) is 2.37. The predicted octanol–water partition coefficient (Wildman–Crippen LogP) is 1.76. The van der Waals surface area contributed by atoms with Crippen LogP contribution in [0.15, 0.2) is 51.9 Å². The van der Waals surface area contributed by atoms with Gasteiger partial charge in [-0.1, -0.05) is 5.16 Å². The molecule has 0 aliphatic carbocycles. The lowest BCUT2D eigenvalue weighted by Gasteiger charge is -2.36. The zero-order valence-electron chi connectivity index (χ0n) is 12.6. The number of hydrogen-bond donors (Lipinski definition) is 0. The molecule has 1 aliphatic rings. The molecule has 8 nitrogen and oxygen atoms in total. The van der Waals surface area contributed by atoms with E-state index in [0.717, 1.165) is 0 Å². The van der Waals surface area contributed by atoms with Crippen LogP contribution < -0.4 is 0 Å². The van der Waals surface area contributed by atoms with Crippen molar-refractivity contribution in [2.24, 2.45) is 0 Å². The second-order valence-electron chi connectivity index (χ2n) is 5.32. The molecule has 8 heteroatoms. The summed E-state index contributed by atoms with van der Waals surface area (Å²) in [5, 5.41) is 3.89. The Morgan fingerprint density at radius 3 is 2.79 bits per heavy atom. The Kier molecular flexibility index (Phi) is 3.62. The van der Waals surface area contributed by atoms with Crippen molar-refractivity contribution in [2.45, 2.75) is 5.92 Å². The fraction of sp³-hybridized carbons (Fsp3) is 0.188. The molecule has 120 valence electrons. The lowest BCUT2D eigenvalue weighted by Crippen LogP contribution is -2.47. The quantitative estimate of drug-likeness (QED) is 0.675. The maximum absolute atomic E-state index is 12.0. The summed E-state index contributed by atoms with van der Waals surface area (Å²) in [5.41, 5.74) is 0. The zero-order chi connectivity index (χ0) is 16.4. The average molecular weight is 323 g/mol. The first kappa shape index (κ1) is 14.3. The standard InChI is InChI=1S/C16H13N5O3/c22-13(5-4-12-3-1-8-23-12)21-9-11(10-21)16-19-15(20-24-16)14-17-6-2-7-18-14/h1-8,11H,9-10H2. The van der Waals surface area contributed by atoms with Crippen molar-refractivity contribution >= 4 is 12.0 Å². The molecule has 0 bridgehead atoms. The Morgan fingerprint density at radius 2 is 2.04 bits per heavy atom. The summed E-state index contributed by atoms with van der Waals surface area (Å²) >= 11 is 0. The number of hydrogen-bond acceptors (Lipinski definition) is 7. The van der Waals surface area contributed by atoms with Crippen molar-refractivity contribution in [1.82, 2.24) is 25.0 Å². The number of furan rings is 1. The Balaban J connectivity index is 1.36. The Labute approximate surface area is 136 Å². The molecule has 1 fully saturated rings. The molecule has 0 atom stereocenters. The van der Waals surface area contributed by atoms with Crippen LogP contribution in [0.2, 0.25) is 0 Å². The first-order valence-electron chi connectivity index (χ1n) is 7.41. The van der Waals surface area contributed by atoms with Gasteiger partial charge in [0.2, 0.25) is 23.4 Å². The molecule has 0 unspecified atom stereocenters. The third-order valence-electron chi connectivity index (χ3n) is 3.68. The van der Waals surface area contributed by atoms with Gasteiger partial charge in [-0.3, -0.25) is 4.79 Å². The van der Waals surface area contributed by atoms with Crippen LogP contribution >= 0.6 is 0 Å². The lowest BCUT2D eigenvalue weighted by molar-refractivity contribution is -0.130. The van der Waals surface area contributed by atoms with Gasteiger partial charge in [-0.25, -0.2) is 9.97 Å². The van der Waals surface area contributed by atoms with Crippen LogP contribution in [-0.2, 0) is 4.79 Å². The Hall–Kier alpha value is -3.29. The van der Waals surface area contributed by atoms with E-state index in [1.54, 1.807) is 47.8 Å². The highest BCUT2D eigenvalue weighted by Gasteiger charge is 2.35. The molecule has 0 spiro atoms. The van der Waals surface area contributed by atoms with E-state index < -0.39 is 0 Å². The van der Waals surface area contributed by atoms with Crippen LogP contribution in [0.3, 0.4) is 0 Å². The number of carbonyl (C=O) groups is 1. The van der Waals surface area contributed by atoms with Crippen molar-refractivity contribution in [3.8, 4) is 11.6 Å². The van der Waals surface area contributed by atoms with Gasteiger partial charge in [-0.05, 0) is 24.3 Å². The number of carbonyl (C=O) groups excluding carboxylic acids is 1. The number of likely N-dealkylation sites (tertiary alicyclic amines) is 1. The van der Waals surface area contributed by atoms with Crippen LogP contribution in [-0.4, -0.2) is 44.0 Å². The van der Waals surface area contributed by atoms with E-state index in [2.05, 4.69) is 20.1 Å². The minimum Gasteiger partial charge on any atom is -0.465 e. The molecule has 0 N–H and O–H groups in total. The summed E-state index contributed by atoms with van der Waals surface area (Å²) in [5.74, 6) is 1.88. The van der Waals surface area contributed by atoms with Gasteiger partial charge in [0.1, 0.15) is 5.76 Å². The number of amides is 1. The molecule has 0 aromatic carbocycles. The highest BCUT2D eigenvalue weighted by Crippen LogP contribution is 2.27. The molecule has 24 heavy (non-hydrogen) atoms. The van der Waals surface area contributed by atoms with Crippen LogP contribution in [0, 0.1) is 0 Å². The fourth-order valence-corrected chi connectivity index (χ4v) is 2.37. The molecule has 0 radical (unpaired) electrons. The minimum atomic E-state index is -0.0752. The third kappa shape index (κ3) is 2.81. The Morgan fingerprint density at radius 1 is 1.21 bits per heavy atom. The van der Waals surface area contributed by atoms with E-state index in [-0.39, 0.29) is 11.8 Å². The zero-order valence-corrected chi connectivity index (χ0v) is 12.6. The topological polar surface area (TPSA) is 98.2 Å². The summed E-state index contributed by atoms with van der Waals surface area (Å²) < 4.78 is 10.4. The van der Waals surface area contributed by atoms with Crippen molar-refractivity contribution in [3.63, 3.8) is 0 Å². The van der Waals surface area contributed by atoms with Crippen LogP contribution in [0.25, 0.3) is 17.7 Å². The van der Waals surface area contributed by atoms with Gasteiger partial charge >= 0.3 is 0 Å². The monoisotopic (exact) mass is 323 g/mol. The largest absolute Gasteiger partial charge is 0.465 e. The highest BCUT2D eigenvalue weighted by atomic mass is 16.5. The summed E-state index contributed by atoms with van der Waals surface area (Å²) in [6.07, 6.45) is 7.94. The van der Waals surface area contributed by atoms with E-state index in [0.29, 0.717) is 36.4 Å². The van der Waals surface area contributed by atoms with Crippen LogP contribution in [0.4, 0.5) is 0 Å². The molecule has 1 saturated heterocycles. The molecular formula is C16H13N5O3. The maximum Gasteiger partial charge on any atom is 0.246 e. The van der Waals surface area contributed by atoms with Crippen molar-refractivity contribution in [1.29, 1.82) is 0 Å². The van der Waals surface area contributed by atoms with Crippen LogP contribution in [0.5, 0.6) is 0 Å². The number of rotatable bonds is 4. The molecular weight excluding hydrogens is 310 g/mol. The lowest BCUT2D eigenvalue weighted by atomic mass is 10.00. The van der Waals surface area contributed by atoms with Gasteiger partial charge in [0.05, 0.1) is 12.2 Å². The minimum absolute atomic E-state index is 0.0379. The molecule has 3 aromatic heterocycles. The molecule has 0 saturated carbocycles. The van der Waals surface area contributed by atoms with Gasteiger partial charge in [0, 0.05) is 31.6 Å². The van der Waals surface area contributed by atoms with Crippen molar-refractivity contribution < 1.29 is 13.7 Å². The smallest absolute Gasteiger partial charge is 0.246 e. The molecule has 3 aromatic rings. The SMILES string of the molecule is O=C(C=Cc1ccco1)N1CC(c2nc(-c3ncccn3)no2)C1.